The van der Waals surface area contributed by atoms with Crippen LogP contribution in [0.5, 0.6) is 11.5 Å². The molecule has 1 N–H and O–H groups in total. The quantitative estimate of drug-likeness (QED) is 0.841. The van der Waals surface area contributed by atoms with Crippen LogP contribution in [-0.2, 0) is 0 Å². The number of nitrogens with zero attached hydrogens (tertiary/aromatic N) is 1. The van der Waals surface area contributed by atoms with Crippen molar-refractivity contribution in [3.63, 3.8) is 0 Å². The van der Waals surface area contributed by atoms with Gasteiger partial charge in [0.05, 0.1) is 13.7 Å². The molecule has 24 heavy (non-hydrogen) atoms. The summed E-state index contributed by atoms with van der Waals surface area (Å²) in [5, 5.41) is 3.43. The second-order valence-corrected chi connectivity index (χ2v) is 6.90. The van der Waals surface area contributed by atoms with E-state index in [1.54, 1.807) is 7.11 Å². The first-order valence-corrected chi connectivity index (χ1v) is 8.23. The van der Waals surface area contributed by atoms with E-state index in [0.29, 0.717) is 12.6 Å². The van der Waals surface area contributed by atoms with Crippen LogP contribution in [0.3, 0.4) is 0 Å². The molecule has 1 aromatic rings. The highest BCUT2D eigenvalue weighted by molar-refractivity contribution is 5.85. The van der Waals surface area contributed by atoms with Crippen LogP contribution >= 0.6 is 24.8 Å². The Balaban J connectivity index is 0.00000264. The maximum atomic E-state index is 5.65. The van der Waals surface area contributed by atoms with E-state index in [1.807, 2.05) is 13.0 Å². The summed E-state index contributed by atoms with van der Waals surface area (Å²) < 4.78 is 11.2. The van der Waals surface area contributed by atoms with Crippen molar-refractivity contribution in [3.8, 4) is 11.5 Å². The fourth-order valence-electron chi connectivity index (χ4n) is 3.33. The van der Waals surface area contributed by atoms with Gasteiger partial charge in [-0.3, -0.25) is 4.90 Å². The smallest absolute Gasteiger partial charge is 0.161 e. The molecule has 6 heteroatoms. The molecule has 0 unspecified atom stereocenters. The predicted octanol–water partition coefficient (Wildman–Crippen LogP) is 3.93. The van der Waals surface area contributed by atoms with Gasteiger partial charge in [-0.1, -0.05) is 26.8 Å². The zero-order valence-electron chi connectivity index (χ0n) is 15.4. The first-order chi connectivity index (χ1) is 10.5. The molecule has 0 saturated carbocycles. The van der Waals surface area contributed by atoms with Crippen molar-refractivity contribution in [2.75, 3.05) is 39.9 Å². The van der Waals surface area contributed by atoms with Crippen LogP contribution in [0.25, 0.3) is 0 Å². The lowest BCUT2D eigenvalue weighted by molar-refractivity contribution is 0.0860. The first-order valence-electron chi connectivity index (χ1n) is 8.23. The monoisotopic (exact) mass is 378 g/mol. The highest BCUT2D eigenvalue weighted by Crippen LogP contribution is 2.41. The standard InChI is InChI=1S/C18H30N2O2.2ClH/c1-6-22-15-8-7-14(13-16(15)21-5)17(18(2,3)4)20-11-9-19-10-12-20;;/h7-8,13,17,19H,6,9-12H2,1-5H3;2*1H/t17-;;/m1../s1. The molecule has 140 valence electrons. The maximum absolute atomic E-state index is 5.65. The lowest BCUT2D eigenvalue weighted by atomic mass is 9.81. The van der Waals surface area contributed by atoms with Gasteiger partial charge in [-0.15, -0.1) is 24.8 Å². The Kier molecular flexibility index (Phi) is 10.0. The average molecular weight is 379 g/mol. The van der Waals surface area contributed by atoms with Crippen molar-refractivity contribution < 1.29 is 9.47 Å². The van der Waals surface area contributed by atoms with E-state index in [-0.39, 0.29) is 30.2 Å². The molecule has 0 aliphatic carbocycles. The Bertz CT molecular complexity index is 486. The SMILES string of the molecule is CCOc1ccc([C@@H](N2CCNCC2)C(C)(C)C)cc1OC.Cl.Cl. The lowest BCUT2D eigenvalue weighted by Gasteiger charge is -2.42. The first kappa shape index (κ1) is 23.3. The lowest BCUT2D eigenvalue weighted by Crippen LogP contribution is -2.48. The van der Waals surface area contributed by atoms with Crippen LogP contribution in [0.1, 0.15) is 39.3 Å². The zero-order chi connectivity index (χ0) is 16.2. The van der Waals surface area contributed by atoms with Gasteiger partial charge >= 0.3 is 0 Å². The third kappa shape index (κ3) is 5.69. The third-order valence-electron chi connectivity index (χ3n) is 4.14. The van der Waals surface area contributed by atoms with Gasteiger partial charge < -0.3 is 14.8 Å². The molecule has 1 heterocycles. The number of rotatable bonds is 5. The molecular weight excluding hydrogens is 347 g/mol. The molecule has 1 saturated heterocycles. The van der Waals surface area contributed by atoms with Gasteiger partial charge in [0.15, 0.2) is 11.5 Å². The molecule has 0 spiro atoms. The summed E-state index contributed by atoms with van der Waals surface area (Å²) in [5.74, 6) is 1.64. The van der Waals surface area contributed by atoms with Gasteiger partial charge in [0.2, 0.25) is 0 Å². The van der Waals surface area contributed by atoms with Gasteiger partial charge in [-0.25, -0.2) is 0 Å². The topological polar surface area (TPSA) is 33.7 Å². The molecule has 0 aromatic heterocycles. The normalized spacial score (nSPS) is 16.5. The molecule has 0 amide bonds. The summed E-state index contributed by atoms with van der Waals surface area (Å²) in [7, 11) is 1.71. The number of ether oxygens (including phenoxy) is 2. The zero-order valence-corrected chi connectivity index (χ0v) is 17.1. The van der Waals surface area contributed by atoms with Crippen molar-refractivity contribution in [2.45, 2.75) is 33.7 Å². The number of nitrogens with one attached hydrogen (secondary N) is 1. The summed E-state index contributed by atoms with van der Waals surface area (Å²) in [6.45, 7) is 13.8. The molecule has 0 radical (unpaired) electrons. The minimum atomic E-state index is 0. The fraction of sp³-hybridized carbons (Fsp3) is 0.667. The molecule has 4 nitrogen and oxygen atoms in total. The molecule has 1 atom stereocenters. The van der Waals surface area contributed by atoms with E-state index in [2.05, 4.69) is 43.1 Å². The number of hydrogen-bond donors (Lipinski definition) is 1. The van der Waals surface area contributed by atoms with E-state index < -0.39 is 0 Å². The van der Waals surface area contributed by atoms with Crippen LogP contribution in [0.4, 0.5) is 0 Å². The summed E-state index contributed by atoms with van der Waals surface area (Å²) in [5.41, 5.74) is 1.46. The van der Waals surface area contributed by atoms with Crippen molar-refractivity contribution >= 4 is 24.8 Å². The van der Waals surface area contributed by atoms with Crippen molar-refractivity contribution in [1.29, 1.82) is 0 Å². The van der Waals surface area contributed by atoms with Gasteiger partial charge in [0.25, 0.3) is 0 Å². The summed E-state index contributed by atoms with van der Waals surface area (Å²) in [6, 6.07) is 6.74. The predicted molar refractivity (Wildman–Crippen MR) is 105 cm³/mol. The van der Waals surface area contributed by atoms with E-state index in [1.165, 1.54) is 5.56 Å². The molecule has 1 aliphatic heterocycles. The minimum absolute atomic E-state index is 0. The average Bonchev–Trinajstić information content (AvgIpc) is 2.49. The summed E-state index contributed by atoms with van der Waals surface area (Å²) >= 11 is 0. The fourth-order valence-corrected chi connectivity index (χ4v) is 3.33. The number of hydrogen-bond acceptors (Lipinski definition) is 4. The highest BCUT2D eigenvalue weighted by atomic mass is 35.5. The van der Waals surface area contributed by atoms with Crippen LogP contribution in [0, 0.1) is 5.41 Å². The van der Waals surface area contributed by atoms with E-state index in [0.717, 1.165) is 37.7 Å². The Hall–Kier alpha value is -0.680. The molecule has 1 aliphatic rings. The van der Waals surface area contributed by atoms with Crippen LogP contribution in [0.15, 0.2) is 18.2 Å². The van der Waals surface area contributed by atoms with Crippen LogP contribution in [-0.4, -0.2) is 44.8 Å². The van der Waals surface area contributed by atoms with Gasteiger partial charge in [-0.05, 0) is 30.0 Å². The third-order valence-corrected chi connectivity index (χ3v) is 4.14. The van der Waals surface area contributed by atoms with Gasteiger partial charge in [0, 0.05) is 32.2 Å². The molecular formula is C18H32Cl2N2O2. The highest BCUT2D eigenvalue weighted by Gasteiger charge is 2.33. The second kappa shape index (κ2) is 10.3. The van der Waals surface area contributed by atoms with E-state index >= 15 is 0 Å². The Morgan fingerprint density at radius 1 is 1.12 bits per heavy atom. The van der Waals surface area contributed by atoms with Gasteiger partial charge in [-0.2, -0.15) is 0 Å². The Labute approximate surface area is 159 Å². The minimum Gasteiger partial charge on any atom is -0.493 e. The maximum Gasteiger partial charge on any atom is 0.161 e. The number of piperazine rings is 1. The molecule has 1 aromatic carbocycles. The van der Waals surface area contributed by atoms with Crippen molar-refractivity contribution in [2.24, 2.45) is 5.41 Å². The molecule has 2 rings (SSSR count). The number of methoxy groups -OCH3 is 1. The molecule has 1 fully saturated rings. The molecule has 0 bridgehead atoms. The number of benzene rings is 1. The van der Waals surface area contributed by atoms with Crippen LogP contribution < -0.4 is 14.8 Å². The van der Waals surface area contributed by atoms with E-state index in [4.69, 9.17) is 9.47 Å². The largest absolute Gasteiger partial charge is 0.493 e. The summed E-state index contributed by atoms with van der Waals surface area (Å²) in [6.07, 6.45) is 0. The van der Waals surface area contributed by atoms with E-state index in [9.17, 15) is 0 Å². The van der Waals surface area contributed by atoms with Crippen molar-refractivity contribution in [1.82, 2.24) is 10.2 Å². The number of halogens is 2. The van der Waals surface area contributed by atoms with Crippen molar-refractivity contribution in [3.05, 3.63) is 23.8 Å². The summed E-state index contributed by atoms with van der Waals surface area (Å²) in [4.78, 5) is 2.58. The van der Waals surface area contributed by atoms with Crippen LogP contribution in [0.2, 0.25) is 0 Å². The Morgan fingerprint density at radius 2 is 1.75 bits per heavy atom. The Morgan fingerprint density at radius 3 is 2.25 bits per heavy atom. The van der Waals surface area contributed by atoms with Gasteiger partial charge in [0.1, 0.15) is 0 Å². The second-order valence-electron chi connectivity index (χ2n) is 6.90.